The van der Waals surface area contributed by atoms with Crippen molar-refractivity contribution in [3.8, 4) is 11.5 Å². The van der Waals surface area contributed by atoms with Gasteiger partial charge in [0.2, 0.25) is 5.95 Å². The number of carbonyl (C=O) groups excluding carboxylic acids is 1. The van der Waals surface area contributed by atoms with E-state index >= 15 is 0 Å². The number of ether oxygens (including phenoxy) is 2. The average molecular weight is 411 g/mol. The first-order valence-corrected chi connectivity index (χ1v) is 9.62. The minimum atomic E-state index is -0.618. The molecule has 1 unspecified atom stereocenters. The van der Waals surface area contributed by atoms with Gasteiger partial charge in [-0.3, -0.25) is 9.20 Å². The minimum absolute atomic E-state index is 0.212. The van der Waals surface area contributed by atoms with E-state index in [-0.39, 0.29) is 11.6 Å². The Morgan fingerprint density at radius 3 is 2.63 bits per heavy atom. The van der Waals surface area contributed by atoms with E-state index in [4.69, 9.17) is 20.2 Å². The summed E-state index contributed by atoms with van der Waals surface area (Å²) in [5.74, 6) is 1.58. The number of nitrogens with zero attached hydrogens (tertiary/aromatic N) is 4. The fourth-order valence-electron chi connectivity index (χ4n) is 3.68. The first-order valence-electron chi connectivity index (χ1n) is 9.62. The van der Waals surface area contributed by atoms with Crippen LogP contribution in [0.4, 0.5) is 17.5 Å². The van der Waals surface area contributed by atoms with E-state index in [9.17, 15) is 4.79 Å². The van der Waals surface area contributed by atoms with E-state index in [1.165, 1.54) is 0 Å². The molecular formula is C20H25N7O3. The topological polar surface area (TPSA) is 119 Å². The van der Waals surface area contributed by atoms with Gasteiger partial charge in [0.05, 0.1) is 14.2 Å². The molecule has 1 saturated heterocycles. The molecule has 1 amide bonds. The quantitative estimate of drug-likeness (QED) is 0.534. The van der Waals surface area contributed by atoms with Gasteiger partial charge in [-0.15, -0.1) is 0 Å². The molecule has 1 aliphatic heterocycles. The van der Waals surface area contributed by atoms with Gasteiger partial charge in [-0.25, -0.2) is 4.98 Å². The molecule has 1 atom stereocenters. The first kappa shape index (κ1) is 19.8. The van der Waals surface area contributed by atoms with E-state index in [2.05, 4.69) is 20.5 Å². The van der Waals surface area contributed by atoms with Crippen molar-refractivity contribution in [3.63, 3.8) is 0 Å². The molecule has 0 spiro atoms. The number of primary amides is 1. The summed E-state index contributed by atoms with van der Waals surface area (Å²) in [5.41, 5.74) is 7.01. The number of nitrogens with two attached hydrogens (primary N) is 1. The Kier molecular flexibility index (Phi) is 5.32. The summed E-state index contributed by atoms with van der Waals surface area (Å²) in [5, 5.41) is 6.57. The monoisotopic (exact) mass is 411 g/mol. The van der Waals surface area contributed by atoms with Gasteiger partial charge in [0.1, 0.15) is 17.1 Å². The number of nitrogens with one attached hydrogen (secondary N) is 2. The van der Waals surface area contributed by atoms with Crippen LogP contribution >= 0.6 is 0 Å². The summed E-state index contributed by atoms with van der Waals surface area (Å²) >= 11 is 0. The largest absolute Gasteiger partial charge is 0.497 e. The second kappa shape index (κ2) is 8.07. The molecule has 1 aromatic carbocycles. The second-order valence-electron chi connectivity index (χ2n) is 7.10. The van der Waals surface area contributed by atoms with Crippen molar-refractivity contribution in [3.05, 3.63) is 36.2 Å². The normalized spacial score (nSPS) is 15.9. The Labute approximate surface area is 174 Å². The number of fused-ring (bicyclic) bond motifs is 1. The smallest absolute Gasteiger partial charge is 0.256 e. The Morgan fingerprint density at radius 2 is 2.03 bits per heavy atom. The third kappa shape index (κ3) is 3.57. The molecule has 0 radical (unpaired) electrons. The second-order valence-corrected chi connectivity index (χ2v) is 7.10. The zero-order valence-electron chi connectivity index (χ0n) is 17.2. The zero-order chi connectivity index (χ0) is 21.3. The molecule has 0 saturated carbocycles. The SMILES string of the molecule is COc1cc(Nc2nc(N(C)C3CCNC3)n3ccnc3c2C(N)=O)cc(OC)c1. The van der Waals surface area contributed by atoms with Gasteiger partial charge >= 0.3 is 0 Å². The van der Waals surface area contributed by atoms with Crippen LogP contribution in [0.5, 0.6) is 11.5 Å². The maximum Gasteiger partial charge on any atom is 0.256 e. The Morgan fingerprint density at radius 1 is 1.30 bits per heavy atom. The highest BCUT2D eigenvalue weighted by atomic mass is 16.5. The first-order chi connectivity index (χ1) is 14.5. The number of benzene rings is 1. The van der Waals surface area contributed by atoms with Crippen molar-refractivity contribution in [2.75, 3.05) is 44.6 Å². The van der Waals surface area contributed by atoms with Gasteiger partial charge in [0.15, 0.2) is 11.5 Å². The fourth-order valence-corrected chi connectivity index (χ4v) is 3.68. The van der Waals surface area contributed by atoms with Crippen molar-refractivity contribution < 1.29 is 14.3 Å². The molecule has 3 aromatic rings. The van der Waals surface area contributed by atoms with Gasteiger partial charge in [-0.1, -0.05) is 0 Å². The third-order valence-corrected chi connectivity index (χ3v) is 5.29. The zero-order valence-corrected chi connectivity index (χ0v) is 17.2. The Hall–Kier alpha value is -3.53. The minimum Gasteiger partial charge on any atom is -0.497 e. The lowest BCUT2D eigenvalue weighted by Gasteiger charge is -2.26. The van der Waals surface area contributed by atoms with Crippen molar-refractivity contribution in [2.24, 2.45) is 5.73 Å². The Balaban J connectivity index is 1.84. The highest BCUT2D eigenvalue weighted by Gasteiger charge is 2.26. The lowest BCUT2D eigenvalue weighted by molar-refractivity contribution is 0.100. The molecule has 4 rings (SSSR count). The summed E-state index contributed by atoms with van der Waals surface area (Å²) in [6, 6.07) is 5.62. The van der Waals surface area contributed by atoms with Crippen molar-refractivity contribution in [1.82, 2.24) is 19.7 Å². The number of imidazole rings is 1. The fraction of sp³-hybridized carbons (Fsp3) is 0.350. The molecule has 4 N–H and O–H groups in total. The number of rotatable bonds is 7. The number of anilines is 3. The van der Waals surface area contributed by atoms with Crippen LogP contribution in [0, 0.1) is 0 Å². The highest BCUT2D eigenvalue weighted by molar-refractivity contribution is 6.04. The molecule has 158 valence electrons. The van der Waals surface area contributed by atoms with Crippen molar-refractivity contribution >= 4 is 29.0 Å². The molecule has 10 nitrogen and oxygen atoms in total. The Bertz CT molecular complexity index is 1050. The number of likely N-dealkylation sites (N-methyl/N-ethyl adjacent to an activating group) is 1. The molecular weight excluding hydrogens is 386 g/mol. The number of methoxy groups -OCH3 is 2. The van der Waals surface area contributed by atoms with Crippen molar-refractivity contribution in [1.29, 1.82) is 0 Å². The maximum atomic E-state index is 12.3. The molecule has 10 heteroatoms. The van der Waals surface area contributed by atoms with Gasteiger partial charge in [0.25, 0.3) is 5.91 Å². The predicted molar refractivity (Wildman–Crippen MR) is 114 cm³/mol. The van der Waals surface area contributed by atoms with Crippen LogP contribution in [0.15, 0.2) is 30.6 Å². The van der Waals surface area contributed by atoms with E-state index in [0.717, 1.165) is 19.5 Å². The number of carbonyl (C=O) groups is 1. The molecule has 0 bridgehead atoms. The van der Waals surface area contributed by atoms with E-state index in [1.807, 2.05) is 7.05 Å². The van der Waals surface area contributed by atoms with Crippen LogP contribution in [0.2, 0.25) is 0 Å². The summed E-state index contributed by atoms with van der Waals surface area (Å²) < 4.78 is 12.5. The third-order valence-electron chi connectivity index (χ3n) is 5.29. The standard InChI is InChI=1S/C20H25N7O3/c1-26(13-4-5-22-11-13)20-25-18(16(17(21)28)19-23-6-7-27(19)20)24-12-8-14(29-2)10-15(9-12)30-3/h6-10,13,22,24H,4-5,11H2,1-3H3,(H2,21,28). The molecule has 1 aliphatic rings. The highest BCUT2D eigenvalue weighted by Crippen LogP contribution is 2.31. The average Bonchev–Trinajstić information content (AvgIpc) is 3.44. The van der Waals surface area contributed by atoms with Crippen LogP contribution in [-0.2, 0) is 0 Å². The summed E-state index contributed by atoms with van der Waals surface area (Å²) in [7, 11) is 5.14. The molecule has 2 aromatic heterocycles. The predicted octanol–water partition coefficient (Wildman–Crippen LogP) is 1.39. The number of hydrogen-bond acceptors (Lipinski definition) is 8. The maximum absolute atomic E-state index is 12.3. The summed E-state index contributed by atoms with van der Waals surface area (Å²) in [4.78, 5) is 23.6. The van der Waals surface area contributed by atoms with Crippen LogP contribution in [-0.4, -0.2) is 60.7 Å². The van der Waals surface area contributed by atoms with E-state index in [1.54, 1.807) is 49.2 Å². The van der Waals surface area contributed by atoms with Gasteiger partial charge < -0.3 is 30.7 Å². The van der Waals surface area contributed by atoms with E-state index < -0.39 is 5.91 Å². The number of hydrogen-bond donors (Lipinski definition) is 3. The lowest BCUT2D eigenvalue weighted by atomic mass is 10.2. The molecule has 1 fully saturated rings. The number of aromatic nitrogens is 3. The molecule has 3 heterocycles. The summed E-state index contributed by atoms with van der Waals surface area (Å²) in [6.45, 7) is 1.82. The van der Waals surface area contributed by atoms with Crippen LogP contribution in [0.25, 0.3) is 5.65 Å². The van der Waals surface area contributed by atoms with Crippen LogP contribution in [0.1, 0.15) is 16.8 Å². The molecule has 30 heavy (non-hydrogen) atoms. The van der Waals surface area contributed by atoms with Crippen LogP contribution < -0.4 is 30.7 Å². The number of amides is 1. The van der Waals surface area contributed by atoms with Gasteiger partial charge in [-0.2, -0.15) is 4.98 Å². The molecule has 0 aliphatic carbocycles. The van der Waals surface area contributed by atoms with Crippen molar-refractivity contribution in [2.45, 2.75) is 12.5 Å². The van der Waals surface area contributed by atoms with Gasteiger partial charge in [-0.05, 0) is 13.0 Å². The summed E-state index contributed by atoms with van der Waals surface area (Å²) in [6.07, 6.45) is 4.41. The van der Waals surface area contributed by atoms with Crippen LogP contribution in [0.3, 0.4) is 0 Å². The van der Waals surface area contributed by atoms with E-state index in [0.29, 0.717) is 34.6 Å². The lowest BCUT2D eigenvalue weighted by Crippen LogP contribution is -2.35. The van der Waals surface area contributed by atoms with Gasteiger partial charge in [0, 0.05) is 55.9 Å².